The molecule has 2 nitrogen and oxygen atoms in total. The highest BCUT2D eigenvalue weighted by Crippen LogP contribution is 2.19. The van der Waals surface area contributed by atoms with Crippen LogP contribution < -0.4 is 0 Å². The lowest BCUT2D eigenvalue weighted by atomic mass is 10.0. The molecule has 0 unspecified atom stereocenters. The molecule has 0 fully saturated rings. The highest BCUT2D eigenvalue weighted by Gasteiger charge is 2.18. The fourth-order valence-electron chi connectivity index (χ4n) is 2.81. The monoisotopic (exact) mass is 297 g/mol. The molecule has 0 spiro atoms. The number of hydrogen-bond acceptors (Lipinski definition) is 2. The van der Waals surface area contributed by atoms with Gasteiger partial charge in [-0.3, -0.25) is 4.79 Å². The fraction of sp³-hybridized carbons (Fsp3) is 0.278. The maximum absolute atomic E-state index is 12.5. The van der Waals surface area contributed by atoms with E-state index < -0.39 is 0 Å². The van der Waals surface area contributed by atoms with Crippen LogP contribution in [0.4, 0.5) is 0 Å². The van der Waals surface area contributed by atoms with E-state index in [1.807, 2.05) is 29.2 Å². The molecule has 0 atom stereocenters. The molecule has 0 saturated carbocycles. The lowest BCUT2D eigenvalue weighted by molar-refractivity contribution is -0.131. The smallest absolute Gasteiger partial charge is 0.227 e. The fourth-order valence-corrected chi connectivity index (χ4v) is 2.96. The third-order valence-electron chi connectivity index (χ3n) is 4.00. The Labute approximate surface area is 131 Å². The molecular formula is C18H19NOS. The molecule has 0 aromatic heterocycles. The first kappa shape index (κ1) is 14.2. The van der Waals surface area contributed by atoms with Crippen molar-refractivity contribution in [3.05, 3.63) is 65.2 Å². The Kier molecular flexibility index (Phi) is 4.30. The zero-order valence-electron chi connectivity index (χ0n) is 12.0. The van der Waals surface area contributed by atoms with Crippen molar-refractivity contribution in [3.63, 3.8) is 0 Å². The second kappa shape index (κ2) is 6.35. The van der Waals surface area contributed by atoms with E-state index in [2.05, 4.69) is 36.9 Å². The predicted octanol–water partition coefficient (Wildman–Crippen LogP) is 3.49. The van der Waals surface area contributed by atoms with Gasteiger partial charge in [-0.25, -0.2) is 0 Å². The number of hydrogen-bond donors (Lipinski definition) is 1. The third kappa shape index (κ3) is 3.48. The molecule has 1 heterocycles. The molecule has 0 N–H and O–H groups in total. The van der Waals surface area contributed by atoms with Gasteiger partial charge in [0.2, 0.25) is 5.91 Å². The average Bonchev–Trinajstić information content (AvgIpc) is 2.72. The molecule has 108 valence electrons. The van der Waals surface area contributed by atoms with Crippen molar-refractivity contribution in [3.8, 4) is 0 Å². The maximum Gasteiger partial charge on any atom is 0.227 e. The summed E-state index contributed by atoms with van der Waals surface area (Å²) in [6.07, 6.45) is 2.57. The van der Waals surface area contributed by atoms with Crippen molar-refractivity contribution in [1.29, 1.82) is 0 Å². The van der Waals surface area contributed by atoms with Crippen molar-refractivity contribution >= 4 is 18.5 Å². The summed E-state index contributed by atoms with van der Waals surface area (Å²) in [5.74, 6) is 0.207. The van der Waals surface area contributed by atoms with Crippen LogP contribution >= 0.6 is 12.6 Å². The number of nitrogens with zero attached hydrogens (tertiary/aromatic N) is 1. The third-order valence-corrected chi connectivity index (χ3v) is 4.30. The number of benzene rings is 2. The number of rotatable bonds is 2. The van der Waals surface area contributed by atoms with Gasteiger partial charge in [-0.15, -0.1) is 12.6 Å². The summed E-state index contributed by atoms with van der Waals surface area (Å²) in [4.78, 5) is 15.4. The van der Waals surface area contributed by atoms with E-state index >= 15 is 0 Å². The number of aryl methyl sites for hydroxylation is 1. The molecule has 2 aromatic rings. The summed E-state index contributed by atoms with van der Waals surface area (Å²) < 4.78 is 0. The molecule has 2 aromatic carbocycles. The van der Waals surface area contributed by atoms with Crippen LogP contribution in [0, 0.1) is 0 Å². The minimum atomic E-state index is 0.207. The van der Waals surface area contributed by atoms with E-state index in [1.54, 1.807) is 0 Å². The van der Waals surface area contributed by atoms with Crippen LogP contribution in [0.15, 0.2) is 53.4 Å². The second-order valence-electron chi connectivity index (χ2n) is 5.53. The molecule has 0 radical (unpaired) electrons. The Morgan fingerprint density at radius 2 is 1.76 bits per heavy atom. The maximum atomic E-state index is 12.5. The second-order valence-corrected chi connectivity index (χ2v) is 6.05. The van der Waals surface area contributed by atoms with Gasteiger partial charge in [0.25, 0.3) is 0 Å². The van der Waals surface area contributed by atoms with E-state index in [4.69, 9.17) is 0 Å². The lowest BCUT2D eigenvalue weighted by Gasteiger charge is -2.21. The topological polar surface area (TPSA) is 20.3 Å². The Bertz CT molecular complexity index is 636. The first-order valence-electron chi connectivity index (χ1n) is 7.35. The standard InChI is InChI=1S/C18H19NOS/c20-18(12-14-7-9-17(21)10-8-14)19-11-3-6-15-4-1-2-5-16(15)13-19/h1-2,4-5,7-10,21H,3,6,11-13H2. The number of carbonyl (C=O) groups is 1. The normalized spacial score (nSPS) is 14.4. The molecule has 0 saturated heterocycles. The SMILES string of the molecule is O=C(Cc1ccc(S)cc1)N1CCCc2ccccc2C1. The van der Waals surface area contributed by atoms with Crippen molar-refractivity contribution in [2.24, 2.45) is 0 Å². The quantitative estimate of drug-likeness (QED) is 0.841. The number of carbonyl (C=O) groups excluding carboxylic acids is 1. The van der Waals surface area contributed by atoms with Gasteiger partial charge in [-0.05, 0) is 41.7 Å². The van der Waals surface area contributed by atoms with Gasteiger partial charge in [0.15, 0.2) is 0 Å². The molecule has 0 bridgehead atoms. The van der Waals surface area contributed by atoms with Crippen LogP contribution in [-0.4, -0.2) is 17.4 Å². The van der Waals surface area contributed by atoms with Crippen LogP contribution in [0.5, 0.6) is 0 Å². The molecule has 1 amide bonds. The van der Waals surface area contributed by atoms with Gasteiger partial charge in [0.05, 0.1) is 6.42 Å². The number of fused-ring (bicyclic) bond motifs is 1. The van der Waals surface area contributed by atoms with E-state index in [9.17, 15) is 4.79 Å². The molecular weight excluding hydrogens is 278 g/mol. The Morgan fingerprint density at radius 1 is 1.05 bits per heavy atom. The number of amides is 1. The van der Waals surface area contributed by atoms with Gasteiger partial charge >= 0.3 is 0 Å². The number of thiol groups is 1. The zero-order valence-corrected chi connectivity index (χ0v) is 12.9. The van der Waals surface area contributed by atoms with Crippen molar-refractivity contribution in [2.75, 3.05) is 6.54 Å². The highest BCUT2D eigenvalue weighted by molar-refractivity contribution is 7.80. The average molecular weight is 297 g/mol. The van der Waals surface area contributed by atoms with Crippen molar-refractivity contribution < 1.29 is 4.79 Å². The van der Waals surface area contributed by atoms with Gasteiger partial charge in [-0.2, -0.15) is 0 Å². The van der Waals surface area contributed by atoms with Crippen LogP contribution in [-0.2, 0) is 24.2 Å². The Balaban J connectivity index is 1.71. The summed E-state index contributed by atoms with van der Waals surface area (Å²) >= 11 is 4.27. The Hall–Kier alpha value is -1.74. The van der Waals surface area contributed by atoms with E-state index in [1.165, 1.54) is 11.1 Å². The molecule has 3 heteroatoms. The van der Waals surface area contributed by atoms with Crippen molar-refractivity contribution in [2.45, 2.75) is 30.7 Å². The van der Waals surface area contributed by atoms with Gasteiger partial charge < -0.3 is 4.90 Å². The zero-order chi connectivity index (χ0) is 14.7. The van der Waals surface area contributed by atoms with Crippen LogP contribution in [0.2, 0.25) is 0 Å². The molecule has 3 rings (SSSR count). The summed E-state index contributed by atoms with van der Waals surface area (Å²) in [7, 11) is 0. The molecule has 0 aliphatic carbocycles. The highest BCUT2D eigenvalue weighted by atomic mass is 32.1. The summed E-state index contributed by atoms with van der Waals surface area (Å²) in [5.41, 5.74) is 3.72. The lowest BCUT2D eigenvalue weighted by Crippen LogP contribution is -2.31. The minimum Gasteiger partial charge on any atom is -0.338 e. The van der Waals surface area contributed by atoms with Crippen LogP contribution in [0.3, 0.4) is 0 Å². The van der Waals surface area contributed by atoms with Crippen LogP contribution in [0.25, 0.3) is 0 Å². The molecule has 1 aliphatic heterocycles. The van der Waals surface area contributed by atoms with Gasteiger partial charge in [-0.1, -0.05) is 36.4 Å². The predicted molar refractivity (Wildman–Crippen MR) is 87.6 cm³/mol. The molecule has 21 heavy (non-hydrogen) atoms. The van der Waals surface area contributed by atoms with Gasteiger partial charge in [0.1, 0.15) is 0 Å². The Morgan fingerprint density at radius 3 is 2.52 bits per heavy atom. The largest absolute Gasteiger partial charge is 0.338 e. The van der Waals surface area contributed by atoms with E-state index in [-0.39, 0.29) is 5.91 Å². The van der Waals surface area contributed by atoms with Crippen LogP contribution in [0.1, 0.15) is 23.1 Å². The van der Waals surface area contributed by atoms with E-state index in [0.29, 0.717) is 6.42 Å². The minimum absolute atomic E-state index is 0.207. The summed E-state index contributed by atoms with van der Waals surface area (Å²) in [5, 5.41) is 0. The first-order chi connectivity index (χ1) is 10.2. The summed E-state index contributed by atoms with van der Waals surface area (Å²) in [6, 6.07) is 16.3. The first-order valence-corrected chi connectivity index (χ1v) is 7.79. The summed E-state index contributed by atoms with van der Waals surface area (Å²) in [6.45, 7) is 1.58. The van der Waals surface area contributed by atoms with Crippen molar-refractivity contribution in [1.82, 2.24) is 4.90 Å². The van der Waals surface area contributed by atoms with E-state index in [0.717, 1.165) is 36.4 Å². The van der Waals surface area contributed by atoms with Gasteiger partial charge in [0, 0.05) is 18.0 Å². The molecule has 1 aliphatic rings.